The summed E-state index contributed by atoms with van der Waals surface area (Å²) in [6, 6.07) is 0. The van der Waals surface area contributed by atoms with Gasteiger partial charge in [0.05, 0.1) is 6.42 Å². The van der Waals surface area contributed by atoms with E-state index in [0.717, 1.165) is 4.31 Å². The van der Waals surface area contributed by atoms with E-state index in [2.05, 4.69) is 0 Å². The zero-order chi connectivity index (χ0) is 14.6. The van der Waals surface area contributed by atoms with Crippen molar-refractivity contribution in [2.24, 2.45) is 0 Å². The van der Waals surface area contributed by atoms with Crippen LogP contribution in [0.25, 0.3) is 0 Å². The molecule has 0 atom stereocenters. The molecule has 1 heterocycles. The molecule has 19 heavy (non-hydrogen) atoms. The third-order valence-electron chi connectivity index (χ3n) is 2.93. The molecule has 0 aromatic heterocycles. The fraction of sp³-hybridized carbons (Fsp3) is 0.800. The Balaban J connectivity index is 2.49. The number of hydrogen-bond donors (Lipinski definition) is 1. The van der Waals surface area contributed by atoms with Gasteiger partial charge < -0.3 is 10.0 Å². The van der Waals surface area contributed by atoms with Gasteiger partial charge in [-0.25, -0.2) is 0 Å². The van der Waals surface area contributed by atoms with Gasteiger partial charge in [0.15, 0.2) is 0 Å². The van der Waals surface area contributed by atoms with Gasteiger partial charge >= 0.3 is 5.97 Å². The third kappa shape index (κ3) is 4.15. The summed E-state index contributed by atoms with van der Waals surface area (Å²) in [6.07, 6.45) is -0.245. The second-order valence-electron chi connectivity index (χ2n) is 4.46. The average Bonchev–Trinajstić information content (AvgIpc) is 2.35. The van der Waals surface area contributed by atoms with E-state index in [9.17, 15) is 18.0 Å². The SMILES string of the molecule is CN(C)S(=O)(=O)N1CCN(C(=O)CCC(=O)O)CC1. The first kappa shape index (κ1) is 15.9. The van der Waals surface area contributed by atoms with Crippen LogP contribution in [-0.4, -0.2) is 79.2 Å². The van der Waals surface area contributed by atoms with Crippen LogP contribution in [0.2, 0.25) is 0 Å². The van der Waals surface area contributed by atoms with E-state index in [0.29, 0.717) is 13.1 Å². The van der Waals surface area contributed by atoms with Gasteiger partial charge in [-0.3, -0.25) is 9.59 Å². The minimum absolute atomic E-state index is 0.0459. The first-order chi connectivity index (χ1) is 8.75. The van der Waals surface area contributed by atoms with Crippen LogP contribution >= 0.6 is 0 Å². The van der Waals surface area contributed by atoms with Gasteiger partial charge in [-0.2, -0.15) is 17.0 Å². The second-order valence-corrected chi connectivity index (χ2v) is 6.61. The molecule has 1 N–H and O–H groups in total. The van der Waals surface area contributed by atoms with Crippen molar-refractivity contribution < 1.29 is 23.1 Å². The molecule has 0 saturated carbocycles. The number of hydrogen-bond acceptors (Lipinski definition) is 4. The Hall–Kier alpha value is -1.19. The Kier molecular flexibility index (Phi) is 5.27. The van der Waals surface area contributed by atoms with Crippen molar-refractivity contribution in [2.45, 2.75) is 12.8 Å². The van der Waals surface area contributed by atoms with Crippen molar-refractivity contribution in [3.63, 3.8) is 0 Å². The van der Waals surface area contributed by atoms with Crippen LogP contribution in [0.1, 0.15) is 12.8 Å². The van der Waals surface area contributed by atoms with Gasteiger partial charge in [-0.15, -0.1) is 0 Å². The van der Waals surface area contributed by atoms with E-state index in [1.54, 1.807) is 0 Å². The monoisotopic (exact) mass is 293 g/mol. The predicted molar refractivity (Wildman–Crippen MR) is 67.6 cm³/mol. The highest BCUT2D eigenvalue weighted by Crippen LogP contribution is 2.10. The van der Waals surface area contributed by atoms with E-state index < -0.39 is 16.2 Å². The van der Waals surface area contributed by atoms with Crippen molar-refractivity contribution in [2.75, 3.05) is 40.3 Å². The van der Waals surface area contributed by atoms with Crippen LogP contribution in [0.15, 0.2) is 0 Å². The normalized spacial score (nSPS) is 17.7. The lowest BCUT2D eigenvalue weighted by Gasteiger charge is -2.35. The molecule has 1 rings (SSSR count). The predicted octanol–water partition coefficient (Wildman–Crippen LogP) is -1.20. The average molecular weight is 293 g/mol. The number of carbonyl (C=O) groups is 2. The molecular formula is C10H19N3O5S. The number of carboxylic acid groups (broad SMARTS) is 1. The number of carboxylic acids is 1. The molecule has 1 aliphatic heterocycles. The Morgan fingerprint density at radius 1 is 1.11 bits per heavy atom. The van der Waals surface area contributed by atoms with Crippen molar-refractivity contribution in [3.8, 4) is 0 Å². The molecule has 0 aromatic carbocycles. The molecule has 1 aliphatic rings. The smallest absolute Gasteiger partial charge is 0.303 e. The van der Waals surface area contributed by atoms with Crippen LogP contribution in [0.4, 0.5) is 0 Å². The summed E-state index contributed by atoms with van der Waals surface area (Å²) in [5.74, 6) is -1.26. The van der Waals surface area contributed by atoms with E-state index in [1.165, 1.54) is 23.3 Å². The molecule has 1 amide bonds. The number of amides is 1. The minimum atomic E-state index is -3.44. The lowest BCUT2D eigenvalue weighted by molar-refractivity contribution is -0.141. The molecule has 0 bridgehead atoms. The van der Waals surface area contributed by atoms with Gasteiger partial charge in [0.2, 0.25) is 5.91 Å². The van der Waals surface area contributed by atoms with Crippen molar-refractivity contribution in [1.29, 1.82) is 0 Å². The summed E-state index contributed by atoms with van der Waals surface area (Å²) in [6.45, 7) is 1.07. The van der Waals surface area contributed by atoms with Crippen molar-refractivity contribution in [3.05, 3.63) is 0 Å². The fourth-order valence-electron chi connectivity index (χ4n) is 1.77. The molecule has 1 fully saturated rings. The Morgan fingerprint density at radius 2 is 1.63 bits per heavy atom. The van der Waals surface area contributed by atoms with E-state index in [-0.39, 0.29) is 31.8 Å². The van der Waals surface area contributed by atoms with Crippen LogP contribution in [0.5, 0.6) is 0 Å². The summed E-state index contributed by atoms with van der Waals surface area (Å²) in [4.78, 5) is 23.6. The van der Waals surface area contributed by atoms with Crippen LogP contribution in [0.3, 0.4) is 0 Å². The lowest BCUT2D eigenvalue weighted by atomic mass is 10.2. The second kappa shape index (κ2) is 6.31. The highest BCUT2D eigenvalue weighted by atomic mass is 32.2. The van der Waals surface area contributed by atoms with Gasteiger partial charge in [0.25, 0.3) is 10.2 Å². The van der Waals surface area contributed by atoms with E-state index in [4.69, 9.17) is 5.11 Å². The Morgan fingerprint density at radius 3 is 2.05 bits per heavy atom. The maximum absolute atomic E-state index is 11.8. The number of aliphatic carboxylic acids is 1. The number of carbonyl (C=O) groups excluding carboxylic acids is 1. The number of rotatable bonds is 5. The van der Waals surface area contributed by atoms with Crippen LogP contribution in [0, 0.1) is 0 Å². The molecule has 0 unspecified atom stereocenters. The quantitative estimate of drug-likeness (QED) is 0.686. The molecule has 110 valence electrons. The molecular weight excluding hydrogens is 274 g/mol. The zero-order valence-electron chi connectivity index (χ0n) is 11.1. The number of nitrogens with zero attached hydrogens (tertiary/aromatic N) is 3. The van der Waals surface area contributed by atoms with Gasteiger partial charge in [-0.05, 0) is 0 Å². The highest BCUT2D eigenvalue weighted by Gasteiger charge is 2.30. The maximum atomic E-state index is 11.8. The van der Waals surface area contributed by atoms with Crippen molar-refractivity contribution in [1.82, 2.24) is 13.5 Å². The molecule has 0 aliphatic carbocycles. The molecule has 8 nitrogen and oxygen atoms in total. The van der Waals surface area contributed by atoms with Crippen LogP contribution < -0.4 is 0 Å². The molecule has 0 aromatic rings. The van der Waals surface area contributed by atoms with Crippen molar-refractivity contribution >= 4 is 22.1 Å². The minimum Gasteiger partial charge on any atom is -0.481 e. The summed E-state index contributed by atoms with van der Waals surface area (Å²) < 4.78 is 26.1. The van der Waals surface area contributed by atoms with E-state index in [1.807, 2.05) is 0 Å². The lowest BCUT2D eigenvalue weighted by Crippen LogP contribution is -2.53. The topological polar surface area (TPSA) is 98.2 Å². The first-order valence-electron chi connectivity index (χ1n) is 5.92. The Bertz CT molecular complexity index is 440. The summed E-state index contributed by atoms with van der Waals surface area (Å²) in [5, 5.41) is 8.51. The summed E-state index contributed by atoms with van der Waals surface area (Å²) >= 11 is 0. The van der Waals surface area contributed by atoms with Crippen LogP contribution in [-0.2, 0) is 19.8 Å². The molecule has 0 spiro atoms. The summed E-state index contributed by atoms with van der Waals surface area (Å²) in [5.41, 5.74) is 0. The molecule has 0 radical (unpaired) electrons. The highest BCUT2D eigenvalue weighted by molar-refractivity contribution is 7.86. The Labute approximate surface area is 112 Å². The molecule has 9 heteroatoms. The standard InChI is InChI=1S/C10H19N3O5S/c1-11(2)19(17,18)13-7-5-12(6-8-13)9(14)3-4-10(15)16/h3-8H2,1-2H3,(H,15,16). The molecule has 1 saturated heterocycles. The van der Waals surface area contributed by atoms with E-state index >= 15 is 0 Å². The summed E-state index contributed by atoms with van der Waals surface area (Å²) in [7, 11) is -0.524. The fourth-order valence-corrected chi connectivity index (χ4v) is 2.86. The van der Waals surface area contributed by atoms with Gasteiger partial charge in [0.1, 0.15) is 0 Å². The maximum Gasteiger partial charge on any atom is 0.303 e. The first-order valence-corrected chi connectivity index (χ1v) is 7.32. The van der Waals surface area contributed by atoms with Gasteiger partial charge in [0, 0.05) is 46.7 Å². The zero-order valence-corrected chi connectivity index (χ0v) is 11.9. The number of piperazine rings is 1. The van der Waals surface area contributed by atoms with Gasteiger partial charge in [-0.1, -0.05) is 0 Å². The largest absolute Gasteiger partial charge is 0.481 e. The third-order valence-corrected chi connectivity index (χ3v) is 4.87.